The summed E-state index contributed by atoms with van der Waals surface area (Å²) in [4.78, 5) is 8.58. The number of aliphatic imine (C=N–C) groups is 1. The van der Waals surface area contributed by atoms with Gasteiger partial charge < -0.3 is 21.4 Å². The summed E-state index contributed by atoms with van der Waals surface area (Å²) in [6, 6.07) is 0. The van der Waals surface area contributed by atoms with Crippen LogP contribution >= 0.6 is 0 Å². The molecule has 1 aliphatic rings. The van der Waals surface area contributed by atoms with Gasteiger partial charge in [-0.25, -0.2) is 9.98 Å². The molecule has 0 spiro atoms. The number of anilines is 1. The summed E-state index contributed by atoms with van der Waals surface area (Å²) in [5, 5.41) is 10.7. The normalized spacial score (nSPS) is 16.9. The highest BCUT2D eigenvalue weighted by atomic mass is 15.2. The van der Waals surface area contributed by atoms with Gasteiger partial charge in [0.25, 0.3) is 0 Å². The molecule has 0 aromatic carbocycles. The van der Waals surface area contributed by atoms with Gasteiger partial charge in [0.15, 0.2) is 0 Å². The summed E-state index contributed by atoms with van der Waals surface area (Å²) < 4.78 is 2.03. The van der Waals surface area contributed by atoms with Crippen LogP contribution in [0.1, 0.15) is 39.3 Å². The summed E-state index contributed by atoms with van der Waals surface area (Å²) in [6.45, 7) is 7.16. The first-order valence-corrected chi connectivity index (χ1v) is 7.14. The van der Waals surface area contributed by atoms with E-state index in [2.05, 4.69) is 29.1 Å². The van der Waals surface area contributed by atoms with E-state index in [0.717, 1.165) is 30.1 Å². The van der Waals surface area contributed by atoms with Crippen LogP contribution < -0.4 is 16.8 Å². The molecule has 0 aliphatic carbocycles. The van der Waals surface area contributed by atoms with Crippen LogP contribution in [-0.2, 0) is 6.54 Å². The van der Waals surface area contributed by atoms with Crippen LogP contribution in [0.25, 0.3) is 0 Å². The lowest BCUT2D eigenvalue weighted by atomic mass is 10.1. The van der Waals surface area contributed by atoms with Gasteiger partial charge in [0.2, 0.25) is 5.96 Å². The van der Waals surface area contributed by atoms with Gasteiger partial charge in [0.1, 0.15) is 17.3 Å². The summed E-state index contributed by atoms with van der Waals surface area (Å²) >= 11 is 0. The first-order valence-electron chi connectivity index (χ1n) is 7.14. The number of allylic oxidation sites excluding steroid dienone is 1. The number of imidazole rings is 1. The SMILES string of the molecule is CCC1=C(N)Nc2c(ncn2CC(C)C)C(=NC(=N)N)C1. The van der Waals surface area contributed by atoms with Gasteiger partial charge in [-0.15, -0.1) is 0 Å². The van der Waals surface area contributed by atoms with Gasteiger partial charge in [-0.2, -0.15) is 0 Å². The van der Waals surface area contributed by atoms with E-state index < -0.39 is 0 Å². The lowest BCUT2D eigenvalue weighted by Crippen LogP contribution is -2.15. The number of guanidine groups is 1. The first kappa shape index (κ1) is 15.1. The molecule has 21 heavy (non-hydrogen) atoms. The Hall–Kier alpha value is -2.31. The number of fused-ring (bicyclic) bond motifs is 1. The third-order valence-corrected chi connectivity index (χ3v) is 3.37. The van der Waals surface area contributed by atoms with Crippen molar-refractivity contribution in [2.45, 2.75) is 40.2 Å². The minimum atomic E-state index is -0.217. The van der Waals surface area contributed by atoms with E-state index in [0.29, 0.717) is 23.9 Å². The fourth-order valence-electron chi connectivity index (χ4n) is 2.41. The zero-order chi connectivity index (χ0) is 15.6. The quantitative estimate of drug-likeness (QED) is 0.499. The molecule has 7 heteroatoms. The number of nitrogens with zero attached hydrogens (tertiary/aromatic N) is 3. The molecule has 0 saturated carbocycles. The third-order valence-electron chi connectivity index (χ3n) is 3.37. The number of aromatic nitrogens is 2. The van der Waals surface area contributed by atoms with Crippen molar-refractivity contribution in [3.63, 3.8) is 0 Å². The highest BCUT2D eigenvalue weighted by molar-refractivity contribution is 6.09. The minimum absolute atomic E-state index is 0.217. The lowest BCUT2D eigenvalue weighted by molar-refractivity contribution is 0.526. The van der Waals surface area contributed by atoms with Gasteiger partial charge in [0, 0.05) is 13.0 Å². The molecule has 0 atom stereocenters. The molecule has 0 unspecified atom stereocenters. The van der Waals surface area contributed by atoms with Gasteiger partial charge in [0.05, 0.1) is 12.0 Å². The third kappa shape index (κ3) is 3.24. The summed E-state index contributed by atoms with van der Waals surface area (Å²) in [7, 11) is 0. The largest absolute Gasteiger partial charge is 0.385 e. The monoisotopic (exact) mass is 289 g/mol. The highest BCUT2D eigenvalue weighted by Crippen LogP contribution is 2.26. The Bertz CT molecular complexity index is 607. The molecule has 1 aliphatic heterocycles. The second-order valence-corrected chi connectivity index (χ2v) is 5.60. The van der Waals surface area contributed by atoms with Crippen LogP contribution in [0.4, 0.5) is 5.82 Å². The van der Waals surface area contributed by atoms with Crippen LogP contribution in [0.3, 0.4) is 0 Å². The number of hydrogen-bond donors (Lipinski definition) is 4. The average Bonchev–Trinajstić information content (AvgIpc) is 2.70. The maximum absolute atomic E-state index is 7.42. The molecule has 0 bridgehead atoms. The molecule has 7 nitrogen and oxygen atoms in total. The van der Waals surface area contributed by atoms with Gasteiger partial charge in [-0.05, 0) is 17.9 Å². The van der Waals surface area contributed by atoms with Gasteiger partial charge >= 0.3 is 0 Å². The molecule has 1 aromatic heterocycles. The molecule has 1 aromatic rings. The fourth-order valence-corrected chi connectivity index (χ4v) is 2.41. The second-order valence-electron chi connectivity index (χ2n) is 5.60. The highest BCUT2D eigenvalue weighted by Gasteiger charge is 2.23. The summed E-state index contributed by atoms with van der Waals surface area (Å²) in [6.07, 6.45) is 3.14. The summed E-state index contributed by atoms with van der Waals surface area (Å²) in [5.74, 6) is 1.73. The van der Waals surface area contributed by atoms with E-state index >= 15 is 0 Å². The fraction of sp³-hybridized carbons (Fsp3) is 0.500. The standard InChI is InChI=1S/C14H23N7/c1-4-9-5-10(19-14(16)17)11-13(20-12(9)15)21(7-18-11)6-8(2)3/h7-8,20H,4-6,15H2,1-3H3,(H3,16,17). The maximum atomic E-state index is 7.42. The smallest absolute Gasteiger partial charge is 0.212 e. The van der Waals surface area contributed by atoms with Crippen molar-refractivity contribution in [1.82, 2.24) is 9.55 Å². The molecule has 114 valence electrons. The Morgan fingerprint density at radius 1 is 1.57 bits per heavy atom. The molecular weight excluding hydrogens is 266 g/mol. The van der Waals surface area contributed by atoms with Crippen molar-refractivity contribution in [2.75, 3.05) is 5.32 Å². The topological polar surface area (TPSA) is 118 Å². The van der Waals surface area contributed by atoms with Crippen LogP contribution in [0.15, 0.2) is 22.7 Å². The molecule has 0 amide bonds. The maximum Gasteiger partial charge on any atom is 0.212 e. The zero-order valence-electron chi connectivity index (χ0n) is 12.8. The molecule has 0 radical (unpaired) electrons. The van der Waals surface area contributed by atoms with E-state index in [1.165, 1.54) is 0 Å². The number of hydrogen-bond acceptors (Lipinski definition) is 4. The number of rotatable bonds is 3. The van der Waals surface area contributed by atoms with Crippen molar-refractivity contribution in [3.05, 3.63) is 23.4 Å². The molecule has 2 heterocycles. The van der Waals surface area contributed by atoms with Crippen molar-refractivity contribution in [3.8, 4) is 0 Å². The predicted octanol–water partition coefficient (Wildman–Crippen LogP) is 1.62. The van der Waals surface area contributed by atoms with E-state index in [1.807, 2.05) is 11.5 Å². The van der Waals surface area contributed by atoms with Crippen molar-refractivity contribution in [2.24, 2.45) is 22.4 Å². The minimum Gasteiger partial charge on any atom is -0.385 e. The molecule has 0 fully saturated rings. The van der Waals surface area contributed by atoms with Crippen LogP contribution in [0.5, 0.6) is 0 Å². The summed E-state index contributed by atoms with van der Waals surface area (Å²) in [5.41, 5.74) is 14.0. The Kier molecular flexibility index (Phi) is 4.30. The van der Waals surface area contributed by atoms with Gasteiger partial charge in [-0.3, -0.25) is 5.41 Å². The Balaban J connectivity index is 2.53. The molecule has 6 N–H and O–H groups in total. The molecular formula is C14H23N7. The predicted molar refractivity (Wildman–Crippen MR) is 85.3 cm³/mol. The first-order chi connectivity index (χ1) is 9.92. The van der Waals surface area contributed by atoms with Gasteiger partial charge in [-0.1, -0.05) is 20.8 Å². The van der Waals surface area contributed by atoms with Crippen molar-refractivity contribution < 1.29 is 0 Å². The molecule has 2 rings (SSSR count). The van der Waals surface area contributed by atoms with Crippen molar-refractivity contribution >= 4 is 17.5 Å². The Labute approximate surface area is 124 Å². The number of nitrogens with two attached hydrogens (primary N) is 2. The van der Waals surface area contributed by atoms with Crippen molar-refractivity contribution in [1.29, 1.82) is 5.41 Å². The van der Waals surface area contributed by atoms with E-state index in [1.54, 1.807) is 6.33 Å². The Morgan fingerprint density at radius 2 is 2.29 bits per heavy atom. The number of nitrogens with one attached hydrogen (secondary N) is 2. The van der Waals surface area contributed by atoms with Crippen LogP contribution in [-0.4, -0.2) is 21.2 Å². The van der Waals surface area contributed by atoms with Crippen LogP contribution in [0, 0.1) is 11.3 Å². The zero-order valence-corrected chi connectivity index (χ0v) is 12.8. The Morgan fingerprint density at radius 3 is 2.86 bits per heavy atom. The van der Waals surface area contributed by atoms with Crippen LogP contribution in [0.2, 0.25) is 0 Å². The average molecular weight is 289 g/mol. The van der Waals surface area contributed by atoms with E-state index in [4.69, 9.17) is 16.9 Å². The van der Waals surface area contributed by atoms with E-state index in [9.17, 15) is 0 Å². The molecule has 0 saturated heterocycles. The second kappa shape index (κ2) is 5.99. The van der Waals surface area contributed by atoms with E-state index in [-0.39, 0.29) is 5.96 Å². The lowest BCUT2D eigenvalue weighted by Gasteiger charge is -2.13.